The van der Waals surface area contributed by atoms with Gasteiger partial charge >= 0.3 is 6.61 Å². The Morgan fingerprint density at radius 1 is 1.22 bits per heavy atom. The summed E-state index contributed by atoms with van der Waals surface area (Å²) in [6.45, 7) is -5.07. The van der Waals surface area contributed by atoms with Gasteiger partial charge in [0.1, 0.15) is 5.75 Å². The summed E-state index contributed by atoms with van der Waals surface area (Å²) in [4.78, 5) is 24.8. The lowest BCUT2D eigenvalue weighted by molar-refractivity contribution is -0.117. The second kappa shape index (κ2) is 11.1. The Morgan fingerprint density at radius 2 is 2.06 bits per heavy atom. The van der Waals surface area contributed by atoms with Crippen LogP contribution >= 0.6 is 0 Å². The Balaban J connectivity index is 1.67. The summed E-state index contributed by atoms with van der Waals surface area (Å²) >= 11 is 0. The molecule has 1 saturated carbocycles. The van der Waals surface area contributed by atoms with Crippen molar-refractivity contribution in [3.63, 3.8) is 0 Å². The van der Waals surface area contributed by atoms with Gasteiger partial charge in [0.05, 0.1) is 30.7 Å². The number of rotatable bonds is 11. The van der Waals surface area contributed by atoms with Crippen LogP contribution in [0.5, 0.6) is 5.75 Å². The molecular formula is C23H25F2N7O4. The highest BCUT2D eigenvalue weighted by atomic mass is 19.3. The molecule has 1 aromatic carbocycles. The quantitative estimate of drug-likeness (QED) is 0.363. The number of anilines is 3. The Hall–Kier alpha value is -4.13. The molecular weight excluding hydrogens is 476 g/mol. The molecule has 4 rings (SSSR count). The molecule has 0 atom stereocenters. The molecule has 0 bridgehead atoms. The fourth-order valence-electron chi connectivity index (χ4n) is 3.31. The van der Waals surface area contributed by atoms with Crippen LogP contribution in [0.3, 0.4) is 0 Å². The summed E-state index contributed by atoms with van der Waals surface area (Å²) in [6.07, 6.45) is 4.74. The molecule has 1 fully saturated rings. The Labute approximate surface area is 209 Å². The minimum Gasteiger partial charge on any atom is -0.433 e. The van der Waals surface area contributed by atoms with Gasteiger partial charge in [-0.2, -0.15) is 13.9 Å². The van der Waals surface area contributed by atoms with Crippen LogP contribution in [0, 0.1) is 5.92 Å². The Kier molecular flexibility index (Phi) is 6.51. The number of hydrogen-bond donors (Lipinski definition) is 3. The zero-order valence-electron chi connectivity index (χ0n) is 22.1. The van der Waals surface area contributed by atoms with Gasteiger partial charge in [0.2, 0.25) is 5.91 Å². The normalized spacial score (nSPS) is 14.5. The minimum absolute atomic E-state index is 0.0150. The smallest absolute Gasteiger partial charge is 0.387 e. The van der Waals surface area contributed by atoms with Crippen LogP contribution in [-0.2, 0) is 16.1 Å². The molecule has 2 aromatic heterocycles. The first-order chi connectivity index (χ1) is 18.5. The van der Waals surface area contributed by atoms with Gasteiger partial charge in [-0.25, -0.2) is 0 Å². The molecule has 0 radical (unpaired) electrons. The molecule has 2 heterocycles. The van der Waals surface area contributed by atoms with Crippen LogP contribution in [0.4, 0.5) is 26.0 Å². The van der Waals surface area contributed by atoms with E-state index in [9.17, 15) is 18.4 Å². The van der Waals surface area contributed by atoms with E-state index in [1.54, 1.807) is 35.6 Å². The molecule has 3 N–H and O–H groups in total. The molecule has 0 aliphatic heterocycles. The van der Waals surface area contributed by atoms with Crippen LogP contribution in [0.2, 0.25) is 0 Å². The van der Waals surface area contributed by atoms with Gasteiger partial charge in [-0.3, -0.25) is 14.3 Å². The monoisotopic (exact) mass is 504 g/mol. The second-order valence-electron chi connectivity index (χ2n) is 7.91. The molecule has 1 aliphatic rings. The van der Waals surface area contributed by atoms with Gasteiger partial charge in [0.15, 0.2) is 11.5 Å². The number of carbonyl (C=O) groups excluding carboxylic acids is 2. The first-order valence-electron chi connectivity index (χ1n) is 12.4. The summed E-state index contributed by atoms with van der Waals surface area (Å²) in [7, 11) is 1.56. The van der Waals surface area contributed by atoms with Crippen molar-refractivity contribution in [3.8, 4) is 16.9 Å². The molecule has 1 aliphatic carbocycles. The van der Waals surface area contributed by atoms with E-state index in [0.29, 0.717) is 24.3 Å². The minimum atomic E-state index is -3.17. The summed E-state index contributed by atoms with van der Waals surface area (Å²) in [5, 5.41) is 19.0. The Bertz CT molecular complexity index is 1350. The lowest BCUT2D eigenvalue weighted by Crippen LogP contribution is -2.22. The number of hydrogen-bond acceptors (Lipinski definition) is 8. The molecule has 2 amide bonds. The van der Waals surface area contributed by atoms with E-state index >= 15 is 0 Å². The van der Waals surface area contributed by atoms with Crippen LogP contribution in [-0.4, -0.2) is 59.1 Å². The predicted molar refractivity (Wildman–Crippen MR) is 126 cm³/mol. The molecule has 36 heavy (non-hydrogen) atoms. The third-order valence-electron chi connectivity index (χ3n) is 5.28. The van der Waals surface area contributed by atoms with Crippen LogP contribution in [0.15, 0.2) is 36.7 Å². The maximum absolute atomic E-state index is 13.3. The van der Waals surface area contributed by atoms with E-state index in [1.165, 1.54) is 18.2 Å². The standard InChI is InChI=1S/C23H25F2N7O4/c1-26-22(34)20-17(10-19(30-31-20)29-21(33)13-3-4-13)28-16-6-5-14(9-18(16)36-23(24)25)15-11-27-32(12-15)7-8-35-2/h5-6,9-13,23H,3-4,7-8H2,1-2H3,(H,26,34)(H2,28,29,30,33)/i1D3. The van der Waals surface area contributed by atoms with Gasteiger partial charge < -0.3 is 25.4 Å². The van der Waals surface area contributed by atoms with Gasteiger partial charge in [-0.15, -0.1) is 10.2 Å². The summed E-state index contributed by atoms with van der Waals surface area (Å²) < 4.78 is 60.0. The van der Waals surface area contributed by atoms with E-state index in [-0.39, 0.29) is 34.8 Å². The summed E-state index contributed by atoms with van der Waals surface area (Å²) in [6, 6.07) is 5.67. The number of carbonyl (C=O) groups is 2. The topological polar surface area (TPSA) is 132 Å². The van der Waals surface area contributed by atoms with E-state index in [1.807, 2.05) is 0 Å². The maximum Gasteiger partial charge on any atom is 0.387 e. The molecule has 13 heteroatoms. The third-order valence-corrected chi connectivity index (χ3v) is 5.28. The van der Waals surface area contributed by atoms with Gasteiger partial charge in [0.25, 0.3) is 5.91 Å². The molecule has 0 unspecified atom stereocenters. The van der Waals surface area contributed by atoms with E-state index in [2.05, 4.69) is 25.9 Å². The number of amides is 2. The lowest BCUT2D eigenvalue weighted by atomic mass is 10.1. The number of nitrogens with one attached hydrogen (secondary N) is 3. The number of ether oxygens (including phenoxy) is 2. The number of alkyl halides is 2. The largest absolute Gasteiger partial charge is 0.433 e. The van der Waals surface area contributed by atoms with Crippen molar-refractivity contribution < 1.29 is 32.0 Å². The number of aromatic nitrogens is 4. The zero-order valence-corrected chi connectivity index (χ0v) is 19.1. The van der Waals surface area contributed by atoms with Crippen molar-refractivity contribution >= 4 is 29.0 Å². The number of nitrogens with zero attached hydrogens (tertiary/aromatic N) is 4. The molecule has 190 valence electrons. The van der Waals surface area contributed by atoms with Crippen molar-refractivity contribution in [2.24, 2.45) is 5.92 Å². The molecule has 0 saturated heterocycles. The molecule has 11 nitrogen and oxygen atoms in total. The first-order valence-corrected chi connectivity index (χ1v) is 10.9. The van der Waals surface area contributed by atoms with Crippen molar-refractivity contribution in [2.45, 2.75) is 26.0 Å². The van der Waals surface area contributed by atoms with Gasteiger partial charge in [-0.05, 0) is 30.5 Å². The van der Waals surface area contributed by atoms with Crippen LogP contribution in [0.25, 0.3) is 11.1 Å². The zero-order chi connectivity index (χ0) is 28.2. The highest BCUT2D eigenvalue weighted by Crippen LogP contribution is 2.35. The van der Waals surface area contributed by atoms with Crippen LogP contribution in [0.1, 0.15) is 27.4 Å². The second-order valence-corrected chi connectivity index (χ2v) is 7.91. The fourth-order valence-corrected chi connectivity index (χ4v) is 3.31. The van der Waals surface area contributed by atoms with Crippen molar-refractivity contribution in [3.05, 3.63) is 42.4 Å². The predicted octanol–water partition coefficient (Wildman–Crippen LogP) is 3.04. The molecule has 0 spiro atoms. The lowest BCUT2D eigenvalue weighted by Gasteiger charge is -2.16. The van der Waals surface area contributed by atoms with Crippen LogP contribution < -0.4 is 20.7 Å². The summed E-state index contributed by atoms with van der Waals surface area (Å²) in [5.41, 5.74) is 0.621. The fraction of sp³-hybridized carbons (Fsp3) is 0.348. The van der Waals surface area contributed by atoms with Crippen molar-refractivity contribution in [1.29, 1.82) is 0 Å². The Morgan fingerprint density at radius 3 is 2.78 bits per heavy atom. The molecule has 3 aromatic rings. The van der Waals surface area contributed by atoms with Crippen molar-refractivity contribution in [2.75, 3.05) is 31.3 Å². The van der Waals surface area contributed by atoms with Gasteiger partial charge in [0, 0.05) is 41.9 Å². The van der Waals surface area contributed by atoms with Crippen molar-refractivity contribution in [1.82, 2.24) is 25.3 Å². The van der Waals surface area contributed by atoms with Gasteiger partial charge in [-0.1, -0.05) is 6.07 Å². The third kappa shape index (κ3) is 6.10. The maximum atomic E-state index is 13.3. The highest BCUT2D eigenvalue weighted by Gasteiger charge is 2.30. The average Bonchev–Trinajstić information content (AvgIpc) is 3.61. The van der Waals surface area contributed by atoms with E-state index in [4.69, 9.17) is 13.6 Å². The highest BCUT2D eigenvalue weighted by molar-refractivity contribution is 5.99. The SMILES string of the molecule is [2H]C([2H])([2H])NC(=O)c1nnc(NC(=O)C2CC2)cc1Nc1ccc(-c2cnn(CCOC)c2)cc1OC(F)F. The number of halogens is 2. The average molecular weight is 505 g/mol. The number of benzene rings is 1. The number of methoxy groups -OCH3 is 1. The van der Waals surface area contributed by atoms with E-state index in [0.717, 1.165) is 12.8 Å². The summed E-state index contributed by atoms with van der Waals surface area (Å²) in [5.74, 6) is -1.82. The first kappa shape index (κ1) is 21.2. The van der Waals surface area contributed by atoms with E-state index < -0.39 is 25.2 Å².